The van der Waals surface area contributed by atoms with Crippen molar-refractivity contribution >= 4 is 11.8 Å². The van der Waals surface area contributed by atoms with Crippen LogP contribution in [-0.2, 0) is 4.74 Å². The second-order valence-corrected chi connectivity index (χ2v) is 3.92. The molecule has 0 aliphatic heterocycles. The van der Waals surface area contributed by atoms with Gasteiger partial charge in [-0.3, -0.25) is 4.79 Å². The van der Waals surface area contributed by atoms with Crippen LogP contribution in [0, 0.1) is 0 Å². The predicted molar refractivity (Wildman–Crippen MR) is 69.3 cm³/mol. The van der Waals surface area contributed by atoms with Crippen LogP contribution in [0.15, 0.2) is 48.5 Å². The SMILES string of the molecule is COC(=O)c1ccc(C(=O)c2ccccc2O)cc1. The van der Waals surface area contributed by atoms with Crippen LogP contribution in [0.25, 0.3) is 0 Å². The fraction of sp³-hybridized carbons (Fsp3) is 0.0667. The third-order valence-corrected chi connectivity index (χ3v) is 2.72. The fourth-order valence-corrected chi connectivity index (χ4v) is 1.70. The Balaban J connectivity index is 2.31. The quantitative estimate of drug-likeness (QED) is 0.676. The average Bonchev–Trinajstić information content (AvgIpc) is 2.46. The summed E-state index contributed by atoms with van der Waals surface area (Å²) in [5, 5.41) is 9.63. The Morgan fingerprint density at radius 3 is 2.11 bits per heavy atom. The van der Waals surface area contributed by atoms with Gasteiger partial charge in [0.25, 0.3) is 0 Å². The number of ether oxygens (including phenoxy) is 1. The van der Waals surface area contributed by atoms with E-state index in [0.717, 1.165) is 0 Å². The third-order valence-electron chi connectivity index (χ3n) is 2.72. The minimum atomic E-state index is -0.457. The highest BCUT2D eigenvalue weighted by molar-refractivity contribution is 6.10. The van der Waals surface area contributed by atoms with Gasteiger partial charge in [0.15, 0.2) is 5.78 Å². The van der Waals surface area contributed by atoms with Gasteiger partial charge < -0.3 is 9.84 Å². The van der Waals surface area contributed by atoms with Crippen molar-refractivity contribution in [3.8, 4) is 5.75 Å². The van der Waals surface area contributed by atoms with Gasteiger partial charge in [0, 0.05) is 5.56 Å². The molecule has 0 aliphatic rings. The molecule has 0 bridgehead atoms. The summed E-state index contributed by atoms with van der Waals surface area (Å²) in [7, 11) is 1.30. The molecular formula is C15H12O4. The summed E-state index contributed by atoms with van der Waals surface area (Å²) in [5.41, 5.74) is 0.999. The highest BCUT2D eigenvalue weighted by Gasteiger charge is 2.13. The first-order chi connectivity index (χ1) is 9.13. The summed E-state index contributed by atoms with van der Waals surface area (Å²) in [6.07, 6.45) is 0. The number of carbonyl (C=O) groups is 2. The maximum absolute atomic E-state index is 12.1. The van der Waals surface area contributed by atoms with Crippen molar-refractivity contribution in [1.82, 2.24) is 0 Å². The normalized spacial score (nSPS) is 9.95. The van der Waals surface area contributed by atoms with Crippen molar-refractivity contribution in [2.24, 2.45) is 0 Å². The molecule has 0 atom stereocenters. The van der Waals surface area contributed by atoms with Gasteiger partial charge in [0.1, 0.15) is 5.75 Å². The fourth-order valence-electron chi connectivity index (χ4n) is 1.70. The predicted octanol–water partition coefficient (Wildman–Crippen LogP) is 2.41. The number of carbonyl (C=O) groups excluding carboxylic acids is 2. The van der Waals surface area contributed by atoms with Gasteiger partial charge in [-0.1, -0.05) is 24.3 Å². The van der Waals surface area contributed by atoms with Gasteiger partial charge in [0.2, 0.25) is 0 Å². The number of phenolic OH excluding ortho intramolecular Hbond substituents is 1. The van der Waals surface area contributed by atoms with E-state index >= 15 is 0 Å². The second-order valence-electron chi connectivity index (χ2n) is 3.92. The summed E-state index contributed by atoms with van der Waals surface area (Å²) in [4.78, 5) is 23.4. The molecule has 1 N–H and O–H groups in total. The number of hydrogen-bond donors (Lipinski definition) is 1. The number of esters is 1. The summed E-state index contributed by atoms with van der Waals surface area (Å²) in [6.45, 7) is 0. The summed E-state index contributed by atoms with van der Waals surface area (Å²) < 4.78 is 4.58. The molecule has 0 saturated heterocycles. The molecule has 2 aromatic carbocycles. The maximum atomic E-state index is 12.1. The summed E-state index contributed by atoms with van der Waals surface area (Å²) in [6, 6.07) is 12.4. The number of ketones is 1. The molecule has 2 aromatic rings. The number of hydrogen-bond acceptors (Lipinski definition) is 4. The number of aromatic hydroxyl groups is 1. The van der Waals surface area contributed by atoms with Gasteiger partial charge >= 0.3 is 5.97 Å². The van der Waals surface area contributed by atoms with Crippen molar-refractivity contribution in [3.63, 3.8) is 0 Å². The molecule has 0 radical (unpaired) electrons. The van der Waals surface area contributed by atoms with Crippen LogP contribution in [-0.4, -0.2) is 24.0 Å². The lowest BCUT2D eigenvalue weighted by atomic mass is 10.0. The Kier molecular flexibility index (Phi) is 3.61. The molecule has 0 aliphatic carbocycles. The van der Waals surface area contributed by atoms with Crippen molar-refractivity contribution < 1.29 is 19.4 Å². The van der Waals surface area contributed by atoms with Crippen LogP contribution in [0.2, 0.25) is 0 Å². The van der Waals surface area contributed by atoms with E-state index < -0.39 is 5.97 Å². The highest BCUT2D eigenvalue weighted by Crippen LogP contribution is 2.20. The Hall–Kier alpha value is -2.62. The lowest BCUT2D eigenvalue weighted by Crippen LogP contribution is -2.04. The minimum absolute atomic E-state index is 0.0652. The van der Waals surface area contributed by atoms with Gasteiger partial charge in [-0.15, -0.1) is 0 Å². The van der Waals surface area contributed by atoms with E-state index in [1.54, 1.807) is 18.2 Å². The molecule has 4 heteroatoms. The summed E-state index contributed by atoms with van der Waals surface area (Å²) >= 11 is 0. The standard InChI is InChI=1S/C15H12O4/c1-19-15(18)11-8-6-10(7-9-11)14(17)12-4-2-3-5-13(12)16/h2-9,16H,1H3. The molecule has 0 heterocycles. The largest absolute Gasteiger partial charge is 0.507 e. The van der Waals surface area contributed by atoms with Crippen molar-refractivity contribution in [2.75, 3.05) is 7.11 Å². The number of benzene rings is 2. The first-order valence-electron chi connectivity index (χ1n) is 5.64. The first-order valence-corrected chi connectivity index (χ1v) is 5.64. The molecule has 96 valence electrons. The monoisotopic (exact) mass is 256 g/mol. The van der Waals surface area contributed by atoms with E-state index in [2.05, 4.69) is 4.74 Å². The van der Waals surface area contributed by atoms with Crippen LogP contribution in [0.1, 0.15) is 26.3 Å². The zero-order chi connectivity index (χ0) is 13.8. The first kappa shape index (κ1) is 12.8. The van der Waals surface area contributed by atoms with Gasteiger partial charge in [-0.25, -0.2) is 4.79 Å². The van der Waals surface area contributed by atoms with Crippen molar-refractivity contribution in [2.45, 2.75) is 0 Å². The zero-order valence-electron chi connectivity index (χ0n) is 10.3. The topological polar surface area (TPSA) is 63.6 Å². The average molecular weight is 256 g/mol. The molecular weight excluding hydrogens is 244 g/mol. The molecule has 0 fully saturated rings. The Labute approximate surface area is 110 Å². The van der Waals surface area contributed by atoms with Crippen LogP contribution in [0.5, 0.6) is 5.75 Å². The van der Waals surface area contributed by atoms with Crippen LogP contribution < -0.4 is 0 Å². The second kappa shape index (κ2) is 5.35. The third kappa shape index (κ3) is 2.63. The number of phenols is 1. The Morgan fingerprint density at radius 1 is 0.947 bits per heavy atom. The smallest absolute Gasteiger partial charge is 0.337 e. The Bertz CT molecular complexity index is 614. The highest BCUT2D eigenvalue weighted by atomic mass is 16.5. The molecule has 0 spiro atoms. The maximum Gasteiger partial charge on any atom is 0.337 e. The molecule has 0 unspecified atom stereocenters. The summed E-state index contributed by atoms with van der Waals surface area (Å²) in [5.74, 6) is -0.819. The molecule has 2 rings (SSSR count). The van der Waals surface area contributed by atoms with Crippen LogP contribution in [0.3, 0.4) is 0 Å². The van der Waals surface area contributed by atoms with E-state index in [0.29, 0.717) is 11.1 Å². The van der Waals surface area contributed by atoms with E-state index in [1.165, 1.54) is 37.4 Å². The van der Waals surface area contributed by atoms with Crippen molar-refractivity contribution in [3.05, 3.63) is 65.2 Å². The van der Waals surface area contributed by atoms with Gasteiger partial charge in [-0.2, -0.15) is 0 Å². The van der Waals surface area contributed by atoms with E-state index in [-0.39, 0.29) is 17.1 Å². The van der Waals surface area contributed by atoms with Gasteiger partial charge in [0.05, 0.1) is 18.2 Å². The molecule has 4 nitrogen and oxygen atoms in total. The molecule has 0 amide bonds. The molecule has 19 heavy (non-hydrogen) atoms. The van der Waals surface area contributed by atoms with Crippen molar-refractivity contribution in [1.29, 1.82) is 0 Å². The minimum Gasteiger partial charge on any atom is -0.507 e. The lowest BCUT2D eigenvalue weighted by Gasteiger charge is -2.04. The zero-order valence-corrected chi connectivity index (χ0v) is 10.3. The van der Waals surface area contributed by atoms with E-state index in [1.807, 2.05) is 0 Å². The van der Waals surface area contributed by atoms with Crippen LogP contribution in [0.4, 0.5) is 0 Å². The Morgan fingerprint density at radius 2 is 1.53 bits per heavy atom. The van der Waals surface area contributed by atoms with Gasteiger partial charge in [-0.05, 0) is 24.3 Å². The number of methoxy groups -OCH3 is 1. The molecule has 0 saturated carbocycles. The van der Waals surface area contributed by atoms with Crippen LogP contribution >= 0.6 is 0 Å². The van der Waals surface area contributed by atoms with E-state index in [9.17, 15) is 14.7 Å². The number of para-hydroxylation sites is 1. The molecule has 0 aromatic heterocycles. The van der Waals surface area contributed by atoms with E-state index in [4.69, 9.17) is 0 Å². The number of rotatable bonds is 3. The lowest BCUT2D eigenvalue weighted by molar-refractivity contribution is 0.0600.